The molecule has 8 nitrogen and oxygen atoms in total. The zero-order chi connectivity index (χ0) is 16.2. The SMILES string of the molecule is CCOC(=O)CN(C(=O)c1cc([N+](=O)[O-])cn1C)C(C)C. The van der Waals surface area contributed by atoms with Crippen LogP contribution in [0.4, 0.5) is 5.69 Å². The number of amides is 1. The van der Waals surface area contributed by atoms with Crippen LogP contribution in [0.3, 0.4) is 0 Å². The highest BCUT2D eigenvalue weighted by molar-refractivity contribution is 5.95. The van der Waals surface area contributed by atoms with E-state index >= 15 is 0 Å². The molecule has 0 aliphatic rings. The van der Waals surface area contributed by atoms with Crippen molar-refractivity contribution in [3.63, 3.8) is 0 Å². The molecule has 0 fully saturated rings. The van der Waals surface area contributed by atoms with E-state index in [-0.39, 0.29) is 30.6 Å². The first-order chi connectivity index (χ1) is 9.77. The first-order valence-electron chi connectivity index (χ1n) is 6.55. The summed E-state index contributed by atoms with van der Waals surface area (Å²) >= 11 is 0. The van der Waals surface area contributed by atoms with Crippen molar-refractivity contribution in [1.82, 2.24) is 9.47 Å². The molecule has 21 heavy (non-hydrogen) atoms. The molecule has 0 saturated carbocycles. The molecule has 0 spiro atoms. The molecule has 0 aliphatic heterocycles. The Balaban J connectivity index is 3.01. The summed E-state index contributed by atoms with van der Waals surface area (Å²) in [5.74, 6) is -0.961. The van der Waals surface area contributed by atoms with Gasteiger partial charge in [-0.2, -0.15) is 0 Å². The molecule has 0 bridgehead atoms. The summed E-state index contributed by atoms with van der Waals surface area (Å²) in [7, 11) is 1.54. The molecule has 1 heterocycles. The van der Waals surface area contributed by atoms with Crippen molar-refractivity contribution in [3.8, 4) is 0 Å². The minimum absolute atomic E-state index is 0.152. The lowest BCUT2D eigenvalue weighted by molar-refractivity contribution is -0.384. The van der Waals surface area contributed by atoms with E-state index in [9.17, 15) is 19.7 Å². The minimum Gasteiger partial charge on any atom is -0.465 e. The van der Waals surface area contributed by atoms with Gasteiger partial charge in [0.05, 0.1) is 17.7 Å². The number of nitro groups is 1. The van der Waals surface area contributed by atoms with Crippen LogP contribution in [0, 0.1) is 10.1 Å². The molecule has 0 radical (unpaired) electrons. The van der Waals surface area contributed by atoms with Crippen LogP contribution in [-0.4, -0.2) is 45.5 Å². The van der Waals surface area contributed by atoms with Crippen molar-refractivity contribution in [2.45, 2.75) is 26.8 Å². The van der Waals surface area contributed by atoms with E-state index < -0.39 is 16.8 Å². The number of nitrogens with zero attached hydrogens (tertiary/aromatic N) is 3. The number of hydrogen-bond acceptors (Lipinski definition) is 5. The number of ether oxygens (including phenoxy) is 1. The highest BCUT2D eigenvalue weighted by Crippen LogP contribution is 2.18. The van der Waals surface area contributed by atoms with Gasteiger partial charge in [-0.3, -0.25) is 19.7 Å². The maximum atomic E-state index is 12.5. The minimum atomic E-state index is -0.568. The smallest absolute Gasteiger partial charge is 0.325 e. The van der Waals surface area contributed by atoms with Crippen LogP contribution in [0.2, 0.25) is 0 Å². The van der Waals surface area contributed by atoms with Gasteiger partial charge in [-0.15, -0.1) is 0 Å². The molecule has 8 heteroatoms. The van der Waals surface area contributed by atoms with Gasteiger partial charge < -0.3 is 14.2 Å². The lowest BCUT2D eigenvalue weighted by Gasteiger charge is -2.25. The number of carbonyl (C=O) groups excluding carboxylic acids is 2. The second-order valence-electron chi connectivity index (χ2n) is 4.78. The topological polar surface area (TPSA) is 94.7 Å². The molecule has 0 atom stereocenters. The quantitative estimate of drug-likeness (QED) is 0.448. The molecule has 116 valence electrons. The fourth-order valence-corrected chi connectivity index (χ4v) is 1.84. The Bertz CT molecular complexity index is 550. The summed E-state index contributed by atoms with van der Waals surface area (Å²) in [6, 6.07) is 0.957. The van der Waals surface area contributed by atoms with Crippen LogP contribution in [0.25, 0.3) is 0 Å². The number of aryl methyl sites for hydroxylation is 1. The summed E-state index contributed by atoms with van der Waals surface area (Å²) in [5, 5.41) is 10.7. The Hall–Kier alpha value is -2.38. The van der Waals surface area contributed by atoms with E-state index in [2.05, 4.69) is 0 Å². The van der Waals surface area contributed by atoms with Crippen molar-refractivity contribution in [1.29, 1.82) is 0 Å². The third-order valence-electron chi connectivity index (χ3n) is 2.91. The summed E-state index contributed by atoms with van der Waals surface area (Å²) in [5.41, 5.74) is -0.0135. The van der Waals surface area contributed by atoms with E-state index in [4.69, 9.17) is 4.74 Å². The van der Waals surface area contributed by atoms with E-state index in [1.165, 1.54) is 21.7 Å². The highest BCUT2D eigenvalue weighted by atomic mass is 16.6. The summed E-state index contributed by atoms with van der Waals surface area (Å²) in [6.45, 7) is 5.24. The number of esters is 1. The Morgan fingerprint density at radius 2 is 2.10 bits per heavy atom. The van der Waals surface area contributed by atoms with Crippen LogP contribution in [-0.2, 0) is 16.6 Å². The average molecular weight is 297 g/mol. The van der Waals surface area contributed by atoms with E-state index in [1.807, 2.05) is 0 Å². The Labute approximate surface area is 122 Å². The second-order valence-corrected chi connectivity index (χ2v) is 4.78. The molecular formula is C13H19N3O5. The molecule has 0 saturated heterocycles. The van der Waals surface area contributed by atoms with Crippen molar-refractivity contribution in [2.75, 3.05) is 13.2 Å². The average Bonchev–Trinajstić information content (AvgIpc) is 2.77. The van der Waals surface area contributed by atoms with E-state index in [0.29, 0.717) is 0 Å². The van der Waals surface area contributed by atoms with Crippen molar-refractivity contribution < 1.29 is 19.2 Å². The van der Waals surface area contributed by atoms with Crippen LogP contribution >= 0.6 is 0 Å². The first kappa shape index (κ1) is 16.7. The monoisotopic (exact) mass is 297 g/mol. The maximum absolute atomic E-state index is 12.5. The largest absolute Gasteiger partial charge is 0.465 e. The lowest BCUT2D eigenvalue weighted by Crippen LogP contribution is -2.41. The van der Waals surface area contributed by atoms with Gasteiger partial charge in [0.2, 0.25) is 0 Å². The number of carbonyl (C=O) groups is 2. The molecule has 1 rings (SSSR count). The summed E-state index contributed by atoms with van der Waals surface area (Å²) in [6.07, 6.45) is 1.26. The van der Waals surface area contributed by atoms with Gasteiger partial charge in [0.25, 0.3) is 11.6 Å². The predicted octanol–water partition coefficient (Wildman–Crippen LogP) is 1.35. The Morgan fingerprint density at radius 1 is 1.48 bits per heavy atom. The normalized spacial score (nSPS) is 10.5. The fraction of sp³-hybridized carbons (Fsp3) is 0.538. The van der Waals surface area contributed by atoms with Gasteiger partial charge in [-0.05, 0) is 20.8 Å². The molecule has 0 unspecified atom stereocenters. The van der Waals surface area contributed by atoms with Gasteiger partial charge in [0, 0.05) is 19.2 Å². The summed E-state index contributed by atoms with van der Waals surface area (Å²) in [4.78, 5) is 35.5. The zero-order valence-corrected chi connectivity index (χ0v) is 12.5. The van der Waals surface area contributed by atoms with Gasteiger partial charge >= 0.3 is 5.97 Å². The third kappa shape index (κ3) is 4.04. The van der Waals surface area contributed by atoms with E-state index in [0.717, 1.165) is 0 Å². The number of aromatic nitrogens is 1. The van der Waals surface area contributed by atoms with Crippen molar-refractivity contribution in [3.05, 3.63) is 28.1 Å². The van der Waals surface area contributed by atoms with Gasteiger partial charge in [0.1, 0.15) is 12.2 Å². The molecule has 0 aromatic carbocycles. The molecule has 0 N–H and O–H groups in total. The lowest BCUT2D eigenvalue weighted by atomic mass is 10.2. The molecule has 1 amide bonds. The predicted molar refractivity (Wildman–Crippen MR) is 74.9 cm³/mol. The molecule has 1 aromatic heterocycles. The Kier molecular flexibility index (Phi) is 5.45. The van der Waals surface area contributed by atoms with Gasteiger partial charge in [-0.1, -0.05) is 0 Å². The second kappa shape index (κ2) is 6.87. The van der Waals surface area contributed by atoms with Gasteiger partial charge in [-0.25, -0.2) is 0 Å². The van der Waals surface area contributed by atoms with Crippen LogP contribution < -0.4 is 0 Å². The maximum Gasteiger partial charge on any atom is 0.325 e. The van der Waals surface area contributed by atoms with Gasteiger partial charge in [0.15, 0.2) is 0 Å². The van der Waals surface area contributed by atoms with Crippen LogP contribution in [0.15, 0.2) is 12.3 Å². The van der Waals surface area contributed by atoms with Crippen LogP contribution in [0.1, 0.15) is 31.3 Å². The van der Waals surface area contributed by atoms with Crippen molar-refractivity contribution >= 4 is 17.6 Å². The number of rotatable bonds is 6. The van der Waals surface area contributed by atoms with Crippen LogP contribution in [0.5, 0.6) is 0 Å². The molecule has 0 aliphatic carbocycles. The zero-order valence-electron chi connectivity index (χ0n) is 12.5. The molecule has 1 aromatic rings. The van der Waals surface area contributed by atoms with E-state index in [1.54, 1.807) is 27.8 Å². The Morgan fingerprint density at radius 3 is 2.52 bits per heavy atom. The first-order valence-corrected chi connectivity index (χ1v) is 6.55. The third-order valence-corrected chi connectivity index (χ3v) is 2.91. The number of hydrogen-bond donors (Lipinski definition) is 0. The fourth-order valence-electron chi connectivity index (χ4n) is 1.84. The van der Waals surface area contributed by atoms with Crippen molar-refractivity contribution in [2.24, 2.45) is 7.05 Å². The standard InChI is InChI=1S/C13H19N3O5/c1-5-21-12(17)8-15(9(2)3)13(18)11-6-10(16(19)20)7-14(11)4/h6-7,9H,5,8H2,1-4H3. The highest BCUT2D eigenvalue weighted by Gasteiger charge is 2.26. The molecular weight excluding hydrogens is 278 g/mol. The summed E-state index contributed by atoms with van der Waals surface area (Å²) < 4.78 is 6.21.